The number of carbonyl (C=O) groups is 2. The summed E-state index contributed by atoms with van der Waals surface area (Å²) >= 11 is 0. The molecule has 0 saturated carbocycles. The van der Waals surface area contributed by atoms with E-state index in [0.717, 1.165) is 16.7 Å². The molecular weight excluding hydrogens is 406 g/mol. The van der Waals surface area contributed by atoms with Crippen LogP contribution >= 0.6 is 0 Å². The van der Waals surface area contributed by atoms with E-state index >= 15 is 0 Å². The average molecular weight is 431 g/mol. The van der Waals surface area contributed by atoms with Crippen molar-refractivity contribution in [1.82, 2.24) is 0 Å². The third-order valence-corrected chi connectivity index (χ3v) is 5.29. The largest absolute Gasteiger partial charge is 0.466 e. The highest BCUT2D eigenvalue weighted by atomic mass is 16.6. The van der Waals surface area contributed by atoms with Gasteiger partial charge in [-0.3, -0.25) is 19.7 Å². The molecule has 0 aromatic heterocycles. The Morgan fingerprint density at radius 1 is 0.906 bits per heavy atom. The number of nitro benzene ring substituents is 1. The van der Waals surface area contributed by atoms with Crippen molar-refractivity contribution in [2.75, 3.05) is 6.61 Å². The van der Waals surface area contributed by atoms with Gasteiger partial charge in [0, 0.05) is 24.1 Å². The lowest BCUT2D eigenvalue weighted by Crippen LogP contribution is -2.22. The van der Waals surface area contributed by atoms with E-state index in [1.165, 1.54) is 12.1 Å². The summed E-state index contributed by atoms with van der Waals surface area (Å²) in [6.45, 7) is 2.03. The highest BCUT2D eigenvalue weighted by Gasteiger charge is 2.24. The second-order valence-corrected chi connectivity index (χ2v) is 7.48. The van der Waals surface area contributed by atoms with Gasteiger partial charge in [0.1, 0.15) is 0 Å². The number of hydrogen-bond donors (Lipinski definition) is 0. The third kappa shape index (κ3) is 6.11. The predicted molar refractivity (Wildman–Crippen MR) is 122 cm³/mol. The highest BCUT2D eigenvalue weighted by molar-refractivity contribution is 5.98. The van der Waals surface area contributed by atoms with Crippen LogP contribution in [0, 0.1) is 16.0 Å². The van der Waals surface area contributed by atoms with Gasteiger partial charge in [-0.05, 0) is 48.6 Å². The zero-order valence-electron chi connectivity index (χ0n) is 17.9. The lowest BCUT2D eigenvalue weighted by molar-refractivity contribution is -0.384. The molecule has 6 nitrogen and oxygen atoms in total. The second-order valence-electron chi connectivity index (χ2n) is 7.48. The molecule has 0 amide bonds. The first-order valence-corrected chi connectivity index (χ1v) is 10.6. The SMILES string of the molecule is CCOC(=O)[C@H](CCc1ccccc1)CC(=O)c1ccc(-c2ccc([N+](=O)[O-])cc2)cc1. The van der Waals surface area contributed by atoms with Crippen LogP contribution in [0.2, 0.25) is 0 Å². The van der Waals surface area contributed by atoms with Crippen molar-refractivity contribution in [3.63, 3.8) is 0 Å². The van der Waals surface area contributed by atoms with Crippen LogP contribution < -0.4 is 0 Å². The Hall–Kier alpha value is -3.80. The van der Waals surface area contributed by atoms with Crippen molar-refractivity contribution in [3.05, 3.63) is 100 Å². The lowest BCUT2D eigenvalue weighted by Gasteiger charge is -2.15. The Bertz CT molecular complexity index is 1060. The molecule has 0 unspecified atom stereocenters. The smallest absolute Gasteiger partial charge is 0.309 e. The summed E-state index contributed by atoms with van der Waals surface area (Å²) in [5.41, 5.74) is 3.33. The van der Waals surface area contributed by atoms with Crippen LogP contribution in [0.25, 0.3) is 11.1 Å². The monoisotopic (exact) mass is 431 g/mol. The van der Waals surface area contributed by atoms with Gasteiger partial charge in [-0.2, -0.15) is 0 Å². The fourth-order valence-corrected chi connectivity index (χ4v) is 3.51. The number of nitro groups is 1. The maximum atomic E-state index is 12.9. The number of carbonyl (C=O) groups excluding carboxylic acids is 2. The molecule has 3 aromatic carbocycles. The molecule has 0 saturated heterocycles. The maximum Gasteiger partial charge on any atom is 0.309 e. The number of rotatable bonds is 10. The lowest BCUT2D eigenvalue weighted by atomic mass is 9.92. The molecule has 0 aliphatic carbocycles. The van der Waals surface area contributed by atoms with Gasteiger partial charge in [-0.1, -0.05) is 54.6 Å². The topological polar surface area (TPSA) is 86.5 Å². The van der Waals surface area contributed by atoms with Crippen molar-refractivity contribution in [3.8, 4) is 11.1 Å². The molecule has 0 aliphatic heterocycles. The van der Waals surface area contributed by atoms with E-state index in [9.17, 15) is 19.7 Å². The van der Waals surface area contributed by atoms with E-state index in [2.05, 4.69) is 0 Å². The molecule has 32 heavy (non-hydrogen) atoms. The second kappa shape index (κ2) is 11.0. The summed E-state index contributed by atoms with van der Waals surface area (Å²) < 4.78 is 5.19. The van der Waals surface area contributed by atoms with Gasteiger partial charge in [0.05, 0.1) is 17.4 Å². The number of aryl methyl sites for hydroxylation is 1. The van der Waals surface area contributed by atoms with Gasteiger partial charge in [0.25, 0.3) is 5.69 Å². The molecule has 0 bridgehead atoms. The minimum absolute atomic E-state index is 0.0288. The van der Waals surface area contributed by atoms with Crippen molar-refractivity contribution in [2.24, 2.45) is 5.92 Å². The molecule has 0 aliphatic rings. The van der Waals surface area contributed by atoms with Crippen LogP contribution in [0.15, 0.2) is 78.9 Å². The summed E-state index contributed by atoms with van der Waals surface area (Å²) in [6.07, 6.45) is 1.31. The van der Waals surface area contributed by atoms with E-state index in [-0.39, 0.29) is 30.5 Å². The summed E-state index contributed by atoms with van der Waals surface area (Å²) in [4.78, 5) is 35.6. The fraction of sp³-hybridized carbons (Fsp3) is 0.231. The first-order chi connectivity index (χ1) is 15.5. The van der Waals surface area contributed by atoms with Gasteiger partial charge in [-0.15, -0.1) is 0 Å². The van der Waals surface area contributed by atoms with Crippen molar-refractivity contribution < 1.29 is 19.2 Å². The van der Waals surface area contributed by atoms with E-state index in [1.54, 1.807) is 43.3 Å². The number of esters is 1. The zero-order valence-corrected chi connectivity index (χ0v) is 17.9. The maximum absolute atomic E-state index is 12.9. The van der Waals surface area contributed by atoms with E-state index in [4.69, 9.17) is 4.74 Å². The normalized spacial score (nSPS) is 11.5. The molecule has 164 valence electrons. The molecule has 6 heteroatoms. The summed E-state index contributed by atoms with van der Waals surface area (Å²) in [5, 5.41) is 10.8. The molecule has 3 aromatic rings. The number of ketones is 1. The van der Waals surface area contributed by atoms with Crippen molar-refractivity contribution in [1.29, 1.82) is 0 Å². The molecule has 0 radical (unpaired) electrons. The highest BCUT2D eigenvalue weighted by Crippen LogP contribution is 2.24. The average Bonchev–Trinajstić information content (AvgIpc) is 2.82. The quantitative estimate of drug-likeness (QED) is 0.179. The Morgan fingerprint density at radius 3 is 2.06 bits per heavy atom. The van der Waals surface area contributed by atoms with Gasteiger partial charge < -0.3 is 4.74 Å². The summed E-state index contributed by atoms with van der Waals surface area (Å²) in [6, 6.07) is 23.1. The number of hydrogen-bond acceptors (Lipinski definition) is 5. The minimum atomic E-state index is -0.503. The van der Waals surface area contributed by atoms with Gasteiger partial charge in [0.15, 0.2) is 5.78 Å². The van der Waals surface area contributed by atoms with Gasteiger partial charge in [-0.25, -0.2) is 0 Å². The third-order valence-electron chi connectivity index (χ3n) is 5.29. The number of Topliss-reactive ketones (excluding diaryl/α,β-unsaturated/α-hetero) is 1. The van der Waals surface area contributed by atoms with Crippen molar-refractivity contribution >= 4 is 17.4 Å². The molecule has 0 fully saturated rings. The zero-order chi connectivity index (χ0) is 22.9. The molecule has 1 atom stereocenters. The Kier molecular flexibility index (Phi) is 7.86. The Balaban J connectivity index is 1.68. The minimum Gasteiger partial charge on any atom is -0.466 e. The molecule has 3 rings (SSSR count). The summed E-state index contributed by atoms with van der Waals surface area (Å²) in [5.74, 6) is -0.970. The molecule has 0 spiro atoms. The van der Waals surface area contributed by atoms with Crippen LogP contribution in [-0.4, -0.2) is 23.3 Å². The first-order valence-electron chi connectivity index (χ1n) is 10.6. The molecular formula is C26H25NO5. The van der Waals surface area contributed by atoms with Crippen molar-refractivity contribution in [2.45, 2.75) is 26.2 Å². The van der Waals surface area contributed by atoms with Crippen LogP contribution in [-0.2, 0) is 16.0 Å². The number of nitrogens with zero attached hydrogens (tertiary/aromatic N) is 1. The predicted octanol–water partition coefficient (Wildman–Crippen LogP) is 5.65. The Morgan fingerprint density at radius 2 is 1.50 bits per heavy atom. The summed E-state index contributed by atoms with van der Waals surface area (Å²) in [7, 11) is 0. The van der Waals surface area contributed by atoms with Gasteiger partial charge >= 0.3 is 5.97 Å². The van der Waals surface area contributed by atoms with Crippen LogP contribution in [0.3, 0.4) is 0 Å². The van der Waals surface area contributed by atoms with E-state index in [0.29, 0.717) is 18.4 Å². The van der Waals surface area contributed by atoms with E-state index in [1.807, 2.05) is 30.3 Å². The number of non-ortho nitro benzene ring substituents is 1. The van der Waals surface area contributed by atoms with Crippen LogP contribution in [0.5, 0.6) is 0 Å². The number of benzene rings is 3. The first kappa shape index (κ1) is 22.9. The Labute approximate surface area is 187 Å². The standard InChI is InChI=1S/C26H25NO5/c1-2-32-26(29)23(9-8-19-6-4-3-5-7-19)18-25(28)22-12-10-20(11-13-22)21-14-16-24(17-15-21)27(30)31/h3-7,10-17,23H,2,8-9,18H2,1H3/t23-/m1/s1. The fourth-order valence-electron chi connectivity index (χ4n) is 3.51. The molecule has 0 N–H and O–H groups in total. The van der Waals surface area contributed by atoms with Crippen LogP contribution in [0.4, 0.5) is 5.69 Å². The van der Waals surface area contributed by atoms with E-state index < -0.39 is 10.8 Å². The van der Waals surface area contributed by atoms with Gasteiger partial charge in [0.2, 0.25) is 0 Å². The molecule has 0 heterocycles. The van der Waals surface area contributed by atoms with Crippen LogP contribution in [0.1, 0.15) is 35.7 Å². The number of ether oxygens (including phenoxy) is 1.